The fourth-order valence-electron chi connectivity index (χ4n) is 4.52. The molecule has 0 spiro atoms. The SMILES string of the molecule is CC(C)c1ccc2sc(C(C)(C)CC(C)c3ccc4sc(C(C)C)c(F)c4c3)cc2c1. The van der Waals surface area contributed by atoms with Crippen LogP contribution in [0.3, 0.4) is 0 Å². The van der Waals surface area contributed by atoms with E-state index in [0.29, 0.717) is 11.8 Å². The molecular formula is C28H33FS2. The molecule has 0 N–H and O–H groups in total. The summed E-state index contributed by atoms with van der Waals surface area (Å²) in [5, 5.41) is 2.15. The molecule has 1 atom stereocenters. The smallest absolute Gasteiger partial charge is 0.145 e. The first kappa shape index (κ1) is 22.5. The molecule has 0 nitrogen and oxygen atoms in total. The van der Waals surface area contributed by atoms with Crippen LogP contribution in [0, 0.1) is 5.82 Å². The number of thiophene rings is 2. The average Bonchev–Trinajstić information content (AvgIpc) is 3.28. The Morgan fingerprint density at radius 2 is 1.48 bits per heavy atom. The van der Waals surface area contributed by atoms with Crippen LogP contribution in [-0.4, -0.2) is 0 Å². The Labute approximate surface area is 194 Å². The molecule has 1 unspecified atom stereocenters. The second-order valence-electron chi connectivity index (χ2n) is 10.2. The van der Waals surface area contributed by atoms with Crippen molar-refractivity contribution in [1.29, 1.82) is 0 Å². The number of benzene rings is 2. The zero-order valence-electron chi connectivity index (χ0n) is 19.7. The van der Waals surface area contributed by atoms with E-state index in [1.807, 2.05) is 11.3 Å². The summed E-state index contributed by atoms with van der Waals surface area (Å²) in [7, 11) is 0. The van der Waals surface area contributed by atoms with Crippen LogP contribution < -0.4 is 0 Å². The normalized spacial score (nSPS) is 13.7. The minimum Gasteiger partial charge on any atom is -0.205 e. The van der Waals surface area contributed by atoms with Gasteiger partial charge in [-0.15, -0.1) is 22.7 Å². The molecular weight excluding hydrogens is 419 g/mol. The van der Waals surface area contributed by atoms with Gasteiger partial charge in [0.05, 0.1) is 0 Å². The molecule has 4 aromatic rings. The van der Waals surface area contributed by atoms with Crippen molar-refractivity contribution in [2.24, 2.45) is 0 Å². The third-order valence-electron chi connectivity index (χ3n) is 6.46. The molecule has 0 saturated carbocycles. The van der Waals surface area contributed by atoms with Gasteiger partial charge >= 0.3 is 0 Å². The van der Waals surface area contributed by atoms with E-state index in [2.05, 4.69) is 90.9 Å². The fraction of sp³-hybridized carbons (Fsp3) is 0.429. The van der Waals surface area contributed by atoms with Gasteiger partial charge in [0.15, 0.2) is 0 Å². The quantitative estimate of drug-likeness (QED) is 0.273. The van der Waals surface area contributed by atoms with Gasteiger partial charge in [-0.2, -0.15) is 0 Å². The molecule has 2 heterocycles. The fourth-order valence-corrected chi connectivity index (χ4v) is 6.74. The second kappa shape index (κ2) is 8.33. The molecule has 0 aliphatic heterocycles. The summed E-state index contributed by atoms with van der Waals surface area (Å²) in [6.45, 7) is 15.6. The third-order valence-corrected chi connectivity index (χ3v) is 9.39. The lowest BCUT2D eigenvalue weighted by Gasteiger charge is -2.27. The van der Waals surface area contributed by atoms with Gasteiger partial charge in [-0.3, -0.25) is 0 Å². The second-order valence-corrected chi connectivity index (χ2v) is 12.4. The predicted octanol–water partition coefficient (Wildman–Crippen LogP) is 9.97. The van der Waals surface area contributed by atoms with Gasteiger partial charge < -0.3 is 0 Å². The topological polar surface area (TPSA) is 0 Å². The van der Waals surface area contributed by atoms with Crippen molar-refractivity contribution in [3.8, 4) is 0 Å². The Kier molecular flexibility index (Phi) is 6.04. The first-order chi connectivity index (χ1) is 14.6. The molecule has 0 bridgehead atoms. The molecule has 0 radical (unpaired) electrons. The van der Waals surface area contributed by atoms with Crippen LogP contribution in [0.25, 0.3) is 20.2 Å². The van der Waals surface area contributed by atoms with Gasteiger partial charge in [0.25, 0.3) is 0 Å². The van der Waals surface area contributed by atoms with Crippen molar-refractivity contribution >= 4 is 42.8 Å². The summed E-state index contributed by atoms with van der Waals surface area (Å²) in [6, 6.07) is 15.7. The molecule has 0 aliphatic carbocycles. The van der Waals surface area contributed by atoms with Gasteiger partial charge in [-0.1, -0.05) is 66.7 Å². The van der Waals surface area contributed by atoms with E-state index >= 15 is 0 Å². The van der Waals surface area contributed by atoms with Gasteiger partial charge in [-0.25, -0.2) is 4.39 Å². The van der Waals surface area contributed by atoms with E-state index in [-0.39, 0.29) is 17.2 Å². The van der Waals surface area contributed by atoms with Crippen molar-refractivity contribution in [3.63, 3.8) is 0 Å². The molecule has 2 aromatic carbocycles. The van der Waals surface area contributed by atoms with Crippen LogP contribution in [0.1, 0.15) is 93.5 Å². The number of halogens is 1. The van der Waals surface area contributed by atoms with E-state index in [4.69, 9.17) is 0 Å². The molecule has 0 fully saturated rings. The third kappa shape index (κ3) is 4.32. The number of hydrogen-bond donors (Lipinski definition) is 0. The maximum atomic E-state index is 14.9. The van der Waals surface area contributed by atoms with Gasteiger partial charge in [0, 0.05) is 24.5 Å². The maximum absolute atomic E-state index is 14.9. The van der Waals surface area contributed by atoms with E-state index in [1.54, 1.807) is 11.3 Å². The zero-order valence-corrected chi connectivity index (χ0v) is 21.3. The lowest BCUT2D eigenvalue weighted by molar-refractivity contribution is 0.446. The summed E-state index contributed by atoms with van der Waals surface area (Å²) < 4.78 is 17.4. The largest absolute Gasteiger partial charge is 0.205 e. The van der Waals surface area contributed by atoms with Crippen LogP contribution in [-0.2, 0) is 5.41 Å². The van der Waals surface area contributed by atoms with E-state index in [1.165, 1.54) is 26.1 Å². The maximum Gasteiger partial charge on any atom is 0.145 e. The Balaban J connectivity index is 1.61. The minimum absolute atomic E-state index is 0.0197. The summed E-state index contributed by atoms with van der Waals surface area (Å²) in [6.07, 6.45) is 1.03. The Morgan fingerprint density at radius 3 is 2.16 bits per heavy atom. The van der Waals surface area contributed by atoms with E-state index in [9.17, 15) is 4.39 Å². The number of fused-ring (bicyclic) bond motifs is 2. The van der Waals surface area contributed by atoms with Crippen molar-refractivity contribution in [1.82, 2.24) is 0 Å². The molecule has 164 valence electrons. The molecule has 2 aromatic heterocycles. The van der Waals surface area contributed by atoms with Crippen molar-refractivity contribution in [2.75, 3.05) is 0 Å². The van der Waals surface area contributed by atoms with Crippen LogP contribution in [0.4, 0.5) is 4.39 Å². The van der Waals surface area contributed by atoms with Crippen molar-refractivity contribution < 1.29 is 4.39 Å². The predicted molar refractivity (Wildman–Crippen MR) is 138 cm³/mol. The summed E-state index contributed by atoms with van der Waals surface area (Å²) >= 11 is 3.51. The molecule has 0 amide bonds. The highest BCUT2D eigenvalue weighted by Gasteiger charge is 2.27. The average molecular weight is 453 g/mol. The molecule has 31 heavy (non-hydrogen) atoms. The van der Waals surface area contributed by atoms with Gasteiger partial charge in [-0.05, 0) is 70.4 Å². The van der Waals surface area contributed by atoms with Gasteiger partial charge in [0.2, 0.25) is 0 Å². The molecule has 4 rings (SSSR count). The molecule has 0 aliphatic rings. The lowest BCUT2D eigenvalue weighted by Crippen LogP contribution is -2.18. The first-order valence-electron chi connectivity index (χ1n) is 11.3. The molecule has 0 saturated heterocycles. The van der Waals surface area contributed by atoms with Crippen LogP contribution in [0.5, 0.6) is 0 Å². The summed E-state index contributed by atoms with van der Waals surface area (Å²) in [5.74, 6) is 1.11. The molecule has 3 heteroatoms. The number of rotatable bonds is 6. The monoisotopic (exact) mass is 452 g/mol. The Hall–Kier alpha value is -1.71. The zero-order chi connectivity index (χ0) is 22.5. The summed E-state index contributed by atoms with van der Waals surface area (Å²) in [5.41, 5.74) is 2.69. The lowest BCUT2D eigenvalue weighted by atomic mass is 9.79. The van der Waals surface area contributed by atoms with Crippen molar-refractivity contribution in [2.45, 2.75) is 78.1 Å². The van der Waals surface area contributed by atoms with Gasteiger partial charge in [0.1, 0.15) is 5.82 Å². The van der Waals surface area contributed by atoms with Crippen LogP contribution in [0.2, 0.25) is 0 Å². The van der Waals surface area contributed by atoms with E-state index in [0.717, 1.165) is 21.4 Å². The summed E-state index contributed by atoms with van der Waals surface area (Å²) in [4.78, 5) is 2.30. The standard InChI is InChI=1S/C28H33FS2/c1-16(2)19-8-10-23-21(12-19)14-25(30-23)28(6,7)15-18(5)20-9-11-24-22(13-20)26(29)27(31-24)17(3)4/h8-14,16-18H,15H2,1-7H3. The highest BCUT2D eigenvalue weighted by atomic mass is 32.1. The number of hydrogen-bond acceptors (Lipinski definition) is 2. The highest BCUT2D eigenvalue weighted by molar-refractivity contribution is 7.19. The Morgan fingerprint density at radius 1 is 0.806 bits per heavy atom. The Bertz CT molecular complexity index is 1220. The minimum atomic E-state index is -0.0197. The van der Waals surface area contributed by atoms with Crippen molar-refractivity contribution in [3.05, 3.63) is 69.2 Å². The van der Waals surface area contributed by atoms with Crippen LogP contribution >= 0.6 is 22.7 Å². The van der Waals surface area contributed by atoms with E-state index < -0.39 is 0 Å². The highest BCUT2D eigenvalue weighted by Crippen LogP contribution is 2.42. The first-order valence-corrected chi connectivity index (χ1v) is 13.0. The van der Waals surface area contributed by atoms with Crippen LogP contribution in [0.15, 0.2) is 42.5 Å².